The van der Waals surface area contributed by atoms with Gasteiger partial charge in [0.15, 0.2) is 11.6 Å². The summed E-state index contributed by atoms with van der Waals surface area (Å²) in [4.78, 5) is 29.8. The van der Waals surface area contributed by atoms with Gasteiger partial charge in [-0.2, -0.15) is 0 Å². The van der Waals surface area contributed by atoms with Crippen molar-refractivity contribution in [2.75, 3.05) is 12.4 Å². The summed E-state index contributed by atoms with van der Waals surface area (Å²) in [6.45, 7) is 0.0651. The molecule has 1 saturated carbocycles. The SMILES string of the molecule is COc1ccccc1NC(=O)N[C@@H]1CCCC[C@H]1NC(=O)c1csc(COc2ccccc2F)n1. The maximum absolute atomic E-state index is 13.7. The highest BCUT2D eigenvalue weighted by Gasteiger charge is 2.29. The molecule has 184 valence electrons. The second kappa shape index (κ2) is 11.7. The van der Waals surface area contributed by atoms with Crippen LogP contribution in [0.3, 0.4) is 0 Å². The van der Waals surface area contributed by atoms with Crippen LogP contribution < -0.4 is 25.4 Å². The Morgan fingerprint density at radius 1 is 1.03 bits per heavy atom. The number of carbonyl (C=O) groups is 2. The topological polar surface area (TPSA) is 102 Å². The van der Waals surface area contributed by atoms with Crippen LogP contribution in [0.25, 0.3) is 0 Å². The number of amides is 3. The van der Waals surface area contributed by atoms with Crippen LogP contribution in [0.5, 0.6) is 11.5 Å². The molecule has 1 aromatic heterocycles. The number of urea groups is 1. The van der Waals surface area contributed by atoms with E-state index >= 15 is 0 Å². The van der Waals surface area contributed by atoms with Crippen LogP contribution in [0, 0.1) is 5.82 Å². The van der Waals surface area contributed by atoms with Crippen molar-refractivity contribution in [1.29, 1.82) is 0 Å². The zero-order chi connectivity index (χ0) is 24.6. The number of benzene rings is 2. The van der Waals surface area contributed by atoms with Gasteiger partial charge in [0.1, 0.15) is 23.1 Å². The standard InChI is InChI=1S/C25H27FN4O4S/c1-33-22-13-7-5-11-19(22)30-25(32)29-18-10-4-3-9-17(18)28-24(31)20-15-35-23(27-20)14-34-21-12-6-2-8-16(21)26/h2,5-8,11-13,15,17-18H,3-4,9-10,14H2,1H3,(H,28,31)(H2,29,30,32)/t17-,18-/m1/s1. The molecule has 0 bridgehead atoms. The summed E-state index contributed by atoms with van der Waals surface area (Å²) < 4.78 is 24.5. The molecule has 1 heterocycles. The van der Waals surface area contributed by atoms with Crippen LogP contribution in [0.1, 0.15) is 41.2 Å². The number of para-hydroxylation sites is 3. The Bertz CT molecular complexity index is 1170. The Kier molecular flexibility index (Phi) is 8.15. The van der Waals surface area contributed by atoms with Crippen molar-refractivity contribution in [2.24, 2.45) is 0 Å². The first-order valence-electron chi connectivity index (χ1n) is 11.4. The molecule has 2 aromatic carbocycles. The van der Waals surface area contributed by atoms with Gasteiger partial charge in [-0.1, -0.05) is 37.1 Å². The van der Waals surface area contributed by atoms with E-state index in [-0.39, 0.29) is 42.1 Å². The molecular weight excluding hydrogens is 471 g/mol. The number of carbonyl (C=O) groups excluding carboxylic acids is 2. The monoisotopic (exact) mass is 498 g/mol. The lowest BCUT2D eigenvalue weighted by molar-refractivity contribution is 0.0911. The number of hydrogen-bond donors (Lipinski definition) is 3. The van der Waals surface area contributed by atoms with Gasteiger partial charge in [0.2, 0.25) is 0 Å². The number of hydrogen-bond acceptors (Lipinski definition) is 6. The molecular formula is C25H27FN4O4S. The predicted octanol–water partition coefficient (Wildman–Crippen LogP) is 4.73. The first kappa shape index (κ1) is 24.5. The van der Waals surface area contributed by atoms with E-state index in [1.807, 2.05) is 12.1 Å². The number of nitrogens with zero attached hydrogens (tertiary/aromatic N) is 1. The first-order valence-corrected chi connectivity index (χ1v) is 12.2. The Labute approximate surface area is 206 Å². The second-order valence-electron chi connectivity index (χ2n) is 8.12. The fourth-order valence-corrected chi connectivity index (χ4v) is 4.66. The minimum Gasteiger partial charge on any atom is -0.495 e. The summed E-state index contributed by atoms with van der Waals surface area (Å²) in [6, 6.07) is 12.5. The van der Waals surface area contributed by atoms with Crippen molar-refractivity contribution in [2.45, 2.75) is 44.4 Å². The molecule has 0 radical (unpaired) electrons. The van der Waals surface area contributed by atoms with E-state index in [1.165, 1.54) is 23.5 Å². The molecule has 1 aliphatic rings. The number of methoxy groups -OCH3 is 1. The van der Waals surface area contributed by atoms with Gasteiger partial charge in [-0.15, -0.1) is 11.3 Å². The van der Waals surface area contributed by atoms with E-state index in [0.717, 1.165) is 25.7 Å². The largest absolute Gasteiger partial charge is 0.495 e. The van der Waals surface area contributed by atoms with Crippen LogP contribution >= 0.6 is 11.3 Å². The van der Waals surface area contributed by atoms with E-state index < -0.39 is 5.82 Å². The molecule has 1 aliphatic carbocycles. The quantitative estimate of drug-likeness (QED) is 0.417. The van der Waals surface area contributed by atoms with Crippen LogP contribution in [-0.4, -0.2) is 36.1 Å². The van der Waals surface area contributed by atoms with Crippen molar-refractivity contribution in [1.82, 2.24) is 15.6 Å². The number of nitrogens with one attached hydrogen (secondary N) is 3. The van der Waals surface area contributed by atoms with Gasteiger partial charge >= 0.3 is 6.03 Å². The van der Waals surface area contributed by atoms with E-state index in [1.54, 1.807) is 36.8 Å². The highest BCUT2D eigenvalue weighted by Crippen LogP contribution is 2.24. The number of thiazole rings is 1. The molecule has 3 amide bonds. The smallest absolute Gasteiger partial charge is 0.319 e. The summed E-state index contributed by atoms with van der Waals surface area (Å²) in [5.74, 6) is -0.0690. The molecule has 0 saturated heterocycles. The van der Waals surface area contributed by atoms with Gasteiger partial charge in [-0.25, -0.2) is 14.2 Å². The molecule has 3 N–H and O–H groups in total. The van der Waals surface area contributed by atoms with E-state index in [0.29, 0.717) is 16.4 Å². The zero-order valence-corrected chi connectivity index (χ0v) is 20.1. The highest BCUT2D eigenvalue weighted by molar-refractivity contribution is 7.09. The molecule has 2 atom stereocenters. The average Bonchev–Trinajstić information content (AvgIpc) is 3.34. The van der Waals surface area contributed by atoms with Gasteiger partial charge in [0.05, 0.1) is 18.8 Å². The van der Waals surface area contributed by atoms with Crippen LogP contribution in [0.15, 0.2) is 53.9 Å². The van der Waals surface area contributed by atoms with Gasteiger partial charge in [0.25, 0.3) is 5.91 Å². The summed E-state index contributed by atoms with van der Waals surface area (Å²) in [5, 5.41) is 11.0. The van der Waals surface area contributed by atoms with Gasteiger partial charge in [0, 0.05) is 11.4 Å². The molecule has 0 aliphatic heterocycles. The number of aromatic nitrogens is 1. The first-order chi connectivity index (χ1) is 17.0. The van der Waals surface area contributed by atoms with E-state index in [9.17, 15) is 14.0 Å². The molecule has 4 rings (SSSR count). The van der Waals surface area contributed by atoms with E-state index in [4.69, 9.17) is 9.47 Å². The maximum atomic E-state index is 13.7. The van der Waals surface area contributed by atoms with Crippen LogP contribution in [0.4, 0.5) is 14.9 Å². The predicted molar refractivity (Wildman–Crippen MR) is 132 cm³/mol. The third-order valence-electron chi connectivity index (χ3n) is 5.73. The average molecular weight is 499 g/mol. The van der Waals surface area contributed by atoms with Crippen molar-refractivity contribution < 1.29 is 23.5 Å². The Morgan fingerprint density at radius 2 is 1.71 bits per heavy atom. The molecule has 3 aromatic rings. The highest BCUT2D eigenvalue weighted by atomic mass is 32.1. The number of halogens is 1. The van der Waals surface area contributed by atoms with Gasteiger partial charge in [-0.3, -0.25) is 4.79 Å². The van der Waals surface area contributed by atoms with Gasteiger partial charge in [-0.05, 0) is 37.1 Å². The third-order valence-corrected chi connectivity index (χ3v) is 6.55. The number of rotatable bonds is 8. The fraction of sp³-hybridized carbons (Fsp3) is 0.320. The van der Waals surface area contributed by atoms with Crippen LogP contribution in [-0.2, 0) is 6.61 Å². The lowest BCUT2D eigenvalue weighted by Gasteiger charge is -2.32. The molecule has 1 fully saturated rings. The van der Waals surface area contributed by atoms with Crippen molar-refractivity contribution >= 4 is 29.0 Å². The summed E-state index contributed by atoms with van der Waals surface area (Å²) in [7, 11) is 1.54. The zero-order valence-electron chi connectivity index (χ0n) is 19.3. The Balaban J connectivity index is 1.33. The van der Waals surface area contributed by atoms with Crippen molar-refractivity contribution in [3.8, 4) is 11.5 Å². The molecule has 10 heteroatoms. The summed E-state index contributed by atoms with van der Waals surface area (Å²) in [6.07, 6.45) is 3.41. The van der Waals surface area contributed by atoms with Crippen molar-refractivity contribution in [3.05, 3.63) is 70.4 Å². The molecule has 0 spiro atoms. The van der Waals surface area contributed by atoms with Crippen LogP contribution in [0.2, 0.25) is 0 Å². The van der Waals surface area contributed by atoms with E-state index in [2.05, 4.69) is 20.9 Å². The minimum absolute atomic E-state index is 0.0651. The lowest BCUT2D eigenvalue weighted by Crippen LogP contribution is -2.54. The van der Waals surface area contributed by atoms with Gasteiger partial charge < -0.3 is 25.4 Å². The molecule has 0 unspecified atom stereocenters. The fourth-order valence-electron chi connectivity index (χ4n) is 3.98. The normalized spacial score (nSPS) is 17.3. The summed E-state index contributed by atoms with van der Waals surface area (Å²) in [5.41, 5.74) is 0.835. The number of anilines is 1. The lowest BCUT2D eigenvalue weighted by atomic mass is 9.90. The number of ether oxygens (including phenoxy) is 2. The Hall–Kier alpha value is -3.66. The molecule has 8 nitrogen and oxygen atoms in total. The Morgan fingerprint density at radius 3 is 2.46 bits per heavy atom. The minimum atomic E-state index is -0.451. The van der Waals surface area contributed by atoms with Crippen molar-refractivity contribution in [3.63, 3.8) is 0 Å². The third kappa shape index (κ3) is 6.48. The summed E-state index contributed by atoms with van der Waals surface area (Å²) >= 11 is 1.27. The maximum Gasteiger partial charge on any atom is 0.319 e. The molecule has 35 heavy (non-hydrogen) atoms. The second-order valence-corrected chi connectivity index (χ2v) is 9.06.